The quantitative estimate of drug-likeness (QED) is 0.759. The van der Waals surface area contributed by atoms with Crippen LogP contribution in [0.1, 0.15) is 23.4 Å². The second-order valence-corrected chi connectivity index (χ2v) is 6.62. The van der Waals surface area contributed by atoms with Crippen LogP contribution in [0.4, 0.5) is 0 Å². The van der Waals surface area contributed by atoms with Gasteiger partial charge in [-0.1, -0.05) is 0 Å². The molecule has 1 unspecified atom stereocenters. The third-order valence-corrected chi connectivity index (χ3v) is 4.85. The third-order valence-electron chi connectivity index (χ3n) is 3.15. The number of ether oxygens (including phenoxy) is 1. The van der Waals surface area contributed by atoms with E-state index >= 15 is 0 Å². The molecular formula is C12H17NO5S. The molecular weight excluding hydrogens is 270 g/mol. The molecule has 2 rings (SSSR count). The van der Waals surface area contributed by atoms with E-state index in [0.29, 0.717) is 19.4 Å². The molecule has 1 aromatic rings. The van der Waals surface area contributed by atoms with Crippen LogP contribution in [0, 0.1) is 5.92 Å². The van der Waals surface area contributed by atoms with Crippen LogP contribution in [-0.4, -0.2) is 45.8 Å². The second-order valence-electron chi connectivity index (χ2n) is 4.64. The van der Waals surface area contributed by atoms with E-state index in [-0.39, 0.29) is 16.8 Å². The van der Waals surface area contributed by atoms with Gasteiger partial charge < -0.3 is 9.15 Å². The van der Waals surface area contributed by atoms with E-state index in [9.17, 15) is 13.2 Å². The molecule has 2 heterocycles. The zero-order chi connectivity index (χ0) is 13.9. The summed E-state index contributed by atoms with van der Waals surface area (Å²) in [5.41, 5.74) is 0. The molecule has 1 aromatic heterocycles. The Bertz CT molecular complexity index is 530. The Morgan fingerprint density at radius 2 is 2.26 bits per heavy atom. The van der Waals surface area contributed by atoms with Crippen molar-refractivity contribution in [1.82, 2.24) is 4.31 Å². The molecule has 1 saturated heterocycles. The largest absolute Gasteiger partial charge is 0.440 e. The highest BCUT2D eigenvalue weighted by molar-refractivity contribution is 7.89. The standard InChI is InChI=1S/C12H17NO5S/c1-13(7-10-3-2-6-17-9-10)19(15,16)12-5-4-11(8-14)18-12/h4-5,8,10H,2-3,6-7,9H2,1H3. The number of hydrogen-bond acceptors (Lipinski definition) is 5. The molecule has 106 valence electrons. The highest BCUT2D eigenvalue weighted by atomic mass is 32.2. The van der Waals surface area contributed by atoms with Gasteiger partial charge in [-0.25, -0.2) is 8.42 Å². The minimum atomic E-state index is -3.68. The Kier molecular flexibility index (Phi) is 4.38. The van der Waals surface area contributed by atoms with E-state index in [2.05, 4.69) is 0 Å². The molecule has 0 spiro atoms. The lowest BCUT2D eigenvalue weighted by Gasteiger charge is -2.26. The minimum absolute atomic E-state index is 0.00738. The summed E-state index contributed by atoms with van der Waals surface area (Å²) in [7, 11) is -2.17. The van der Waals surface area contributed by atoms with Crippen molar-refractivity contribution in [3.63, 3.8) is 0 Å². The molecule has 0 radical (unpaired) electrons. The zero-order valence-corrected chi connectivity index (χ0v) is 11.6. The molecule has 0 amide bonds. The maximum atomic E-state index is 12.2. The van der Waals surface area contributed by atoms with Crippen LogP contribution >= 0.6 is 0 Å². The lowest BCUT2D eigenvalue weighted by Crippen LogP contribution is -2.34. The number of aldehydes is 1. The van der Waals surface area contributed by atoms with Crippen LogP contribution in [0.2, 0.25) is 0 Å². The van der Waals surface area contributed by atoms with Gasteiger partial charge in [-0.2, -0.15) is 4.31 Å². The summed E-state index contributed by atoms with van der Waals surface area (Å²) in [6.45, 7) is 1.71. The number of carbonyl (C=O) groups is 1. The van der Waals surface area contributed by atoms with E-state index in [1.807, 2.05) is 0 Å². The van der Waals surface area contributed by atoms with Gasteiger partial charge in [0.25, 0.3) is 10.0 Å². The first kappa shape index (κ1) is 14.2. The van der Waals surface area contributed by atoms with E-state index in [0.717, 1.165) is 19.4 Å². The smallest absolute Gasteiger partial charge is 0.276 e. The van der Waals surface area contributed by atoms with Gasteiger partial charge >= 0.3 is 0 Å². The Morgan fingerprint density at radius 3 is 2.84 bits per heavy atom. The summed E-state index contributed by atoms with van der Waals surface area (Å²) >= 11 is 0. The van der Waals surface area contributed by atoms with Crippen molar-refractivity contribution in [3.05, 3.63) is 17.9 Å². The van der Waals surface area contributed by atoms with Gasteiger partial charge in [0, 0.05) is 20.2 Å². The van der Waals surface area contributed by atoms with Crippen molar-refractivity contribution in [2.45, 2.75) is 17.9 Å². The van der Waals surface area contributed by atoms with Crippen molar-refractivity contribution in [1.29, 1.82) is 0 Å². The molecule has 0 saturated carbocycles. The van der Waals surface area contributed by atoms with Crippen LogP contribution in [0.15, 0.2) is 21.6 Å². The third kappa shape index (κ3) is 3.23. The molecule has 1 atom stereocenters. The fourth-order valence-corrected chi connectivity index (χ4v) is 3.26. The number of hydrogen-bond donors (Lipinski definition) is 0. The lowest BCUT2D eigenvalue weighted by atomic mass is 10.0. The first-order valence-corrected chi connectivity index (χ1v) is 7.57. The zero-order valence-electron chi connectivity index (χ0n) is 10.7. The first-order valence-electron chi connectivity index (χ1n) is 6.13. The van der Waals surface area contributed by atoms with Crippen LogP contribution < -0.4 is 0 Å². The van der Waals surface area contributed by atoms with Crippen molar-refractivity contribution >= 4 is 16.3 Å². The van der Waals surface area contributed by atoms with Gasteiger partial charge in [0.1, 0.15) is 0 Å². The summed E-state index contributed by atoms with van der Waals surface area (Å²) in [5.74, 6) is 0.210. The molecule has 0 aliphatic carbocycles. The van der Waals surface area contributed by atoms with E-state index < -0.39 is 10.0 Å². The molecule has 6 nitrogen and oxygen atoms in total. The van der Waals surface area contributed by atoms with Gasteiger partial charge in [0.2, 0.25) is 5.09 Å². The highest BCUT2D eigenvalue weighted by Gasteiger charge is 2.27. The molecule has 0 N–H and O–H groups in total. The fourth-order valence-electron chi connectivity index (χ4n) is 2.10. The van der Waals surface area contributed by atoms with Crippen molar-refractivity contribution in [2.24, 2.45) is 5.92 Å². The molecule has 19 heavy (non-hydrogen) atoms. The van der Waals surface area contributed by atoms with Gasteiger partial charge in [0.05, 0.1) is 6.61 Å². The van der Waals surface area contributed by atoms with Crippen LogP contribution in [0.25, 0.3) is 0 Å². The average molecular weight is 287 g/mol. The molecule has 1 fully saturated rings. The van der Waals surface area contributed by atoms with Crippen LogP contribution in [-0.2, 0) is 14.8 Å². The van der Waals surface area contributed by atoms with Crippen LogP contribution in [0.3, 0.4) is 0 Å². The predicted molar refractivity (Wildman–Crippen MR) is 67.5 cm³/mol. The van der Waals surface area contributed by atoms with Gasteiger partial charge in [0.15, 0.2) is 12.0 Å². The SMILES string of the molecule is CN(CC1CCCOC1)S(=O)(=O)c1ccc(C=O)o1. The normalized spacial score (nSPS) is 20.6. The summed E-state index contributed by atoms with van der Waals surface area (Å²) < 4.78 is 36.0. The van der Waals surface area contributed by atoms with Gasteiger partial charge in [-0.3, -0.25) is 4.79 Å². The number of sulfonamides is 1. The highest BCUT2D eigenvalue weighted by Crippen LogP contribution is 2.20. The molecule has 7 heteroatoms. The van der Waals surface area contributed by atoms with E-state index in [1.165, 1.54) is 23.5 Å². The maximum Gasteiger partial charge on any atom is 0.276 e. The summed E-state index contributed by atoms with van der Waals surface area (Å²) in [6, 6.07) is 2.64. The first-order chi connectivity index (χ1) is 9.04. The number of carbonyl (C=O) groups excluding carboxylic acids is 1. The monoisotopic (exact) mass is 287 g/mol. The summed E-state index contributed by atoms with van der Waals surface area (Å²) in [6.07, 6.45) is 2.39. The van der Waals surface area contributed by atoms with Crippen LogP contribution in [0.5, 0.6) is 0 Å². The predicted octanol–water partition coefficient (Wildman–Crippen LogP) is 1.14. The molecule has 0 bridgehead atoms. The summed E-state index contributed by atoms with van der Waals surface area (Å²) in [4.78, 5) is 10.5. The molecule has 1 aliphatic heterocycles. The van der Waals surface area contributed by atoms with E-state index in [4.69, 9.17) is 9.15 Å². The Hall–Kier alpha value is -1.18. The van der Waals surface area contributed by atoms with Crippen molar-refractivity contribution in [3.8, 4) is 0 Å². The van der Waals surface area contributed by atoms with Crippen molar-refractivity contribution in [2.75, 3.05) is 26.8 Å². The fraction of sp³-hybridized carbons (Fsp3) is 0.583. The number of furan rings is 1. The van der Waals surface area contributed by atoms with E-state index in [1.54, 1.807) is 0 Å². The minimum Gasteiger partial charge on any atom is -0.440 e. The Balaban J connectivity index is 2.07. The lowest BCUT2D eigenvalue weighted by molar-refractivity contribution is 0.0494. The van der Waals surface area contributed by atoms with Gasteiger partial charge in [-0.05, 0) is 30.9 Å². The second kappa shape index (κ2) is 5.85. The van der Waals surface area contributed by atoms with Gasteiger partial charge in [-0.15, -0.1) is 0 Å². The maximum absolute atomic E-state index is 12.2. The summed E-state index contributed by atoms with van der Waals surface area (Å²) in [5, 5.41) is -0.200. The number of rotatable bonds is 5. The Morgan fingerprint density at radius 1 is 1.47 bits per heavy atom. The topological polar surface area (TPSA) is 76.8 Å². The number of nitrogens with zero attached hydrogens (tertiary/aromatic N) is 1. The average Bonchev–Trinajstić information content (AvgIpc) is 2.89. The molecule has 1 aliphatic rings. The molecule has 0 aromatic carbocycles. The van der Waals surface area contributed by atoms with Crippen molar-refractivity contribution < 1.29 is 22.4 Å². The Labute approximate surface area is 112 Å².